The predicted octanol–water partition coefficient (Wildman–Crippen LogP) is 4.58. The van der Waals surface area contributed by atoms with Gasteiger partial charge >= 0.3 is 0 Å². The van der Waals surface area contributed by atoms with Gasteiger partial charge in [-0.25, -0.2) is 4.98 Å². The Balaban J connectivity index is 1.26. The maximum absolute atomic E-state index is 13.1. The molecule has 1 fully saturated rings. The van der Waals surface area contributed by atoms with Gasteiger partial charge in [0, 0.05) is 54.7 Å². The first-order valence-electron chi connectivity index (χ1n) is 11.2. The van der Waals surface area contributed by atoms with Crippen molar-refractivity contribution in [1.82, 2.24) is 14.3 Å². The van der Waals surface area contributed by atoms with Gasteiger partial charge in [-0.1, -0.05) is 12.1 Å². The highest BCUT2D eigenvalue weighted by atomic mass is 32.1. The van der Waals surface area contributed by atoms with Crippen LogP contribution in [0, 0.1) is 13.8 Å². The lowest BCUT2D eigenvalue weighted by molar-refractivity contribution is -0.130. The highest BCUT2D eigenvalue weighted by Gasteiger charge is 2.23. The normalized spacial score (nSPS) is 14.2. The van der Waals surface area contributed by atoms with E-state index < -0.39 is 0 Å². The van der Waals surface area contributed by atoms with E-state index >= 15 is 0 Å². The first kappa shape index (κ1) is 21.5. The summed E-state index contributed by atoms with van der Waals surface area (Å²) in [5.41, 5.74) is 6.76. The average molecular weight is 461 g/mol. The summed E-state index contributed by atoms with van der Waals surface area (Å²) in [5, 5.41) is 2.05. The van der Waals surface area contributed by atoms with Crippen molar-refractivity contribution in [2.75, 3.05) is 38.2 Å². The minimum Gasteiger partial charge on any atom is -0.497 e. The molecule has 1 amide bonds. The molecule has 7 heteroatoms. The van der Waals surface area contributed by atoms with Crippen LogP contribution in [0.25, 0.3) is 16.2 Å². The Labute approximate surface area is 198 Å². The van der Waals surface area contributed by atoms with Crippen molar-refractivity contribution < 1.29 is 9.53 Å². The van der Waals surface area contributed by atoms with Gasteiger partial charge in [0.1, 0.15) is 5.75 Å². The number of benzene rings is 2. The monoisotopic (exact) mass is 460 g/mol. The number of aryl methyl sites for hydroxylation is 2. The lowest BCUT2D eigenvalue weighted by atomic mass is 10.1. The van der Waals surface area contributed by atoms with Gasteiger partial charge in [-0.2, -0.15) is 0 Å². The molecule has 0 N–H and O–H groups in total. The van der Waals surface area contributed by atoms with Crippen LogP contribution in [0.5, 0.6) is 5.75 Å². The van der Waals surface area contributed by atoms with Crippen LogP contribution < -0.4 is 9.64 Å². The molecule has 2 aromatic heterocycles. The largest absolute Gasteiger partial charge is 0.497 e. The minimum atomic E-state index is 0.176. The summed E-state index contributed by atoms with van der Waals surface area (Å²) < 4.78 is 7.29. The van der Waals surface area contributed by atoms with E-state index in [-0.39, 0.29) is 5.91 Å². The molecule has 4 aromatic rings. The van der Waals surface area contributed by atoms with E-state index in [1.165, 1.54) is 16.8 Å². The molecule has 33 heavy (non-hydrogen) atoms. The van der Waals surface area contributed by atoms with Crippen molar-refractivity contribution >= 4 is 27.9 Å². The number of amides is 1. The van der Waals surface area contributed by atoms with Gasteiger partial charge in [-0.3, -0.25) is 9.20 Å². The van der Waals surface area contributed by atoms with Crippen molar-refractivity contribution in [2.45, 2.75) is 20.3 Å². The Morgan fingerprint density at radius 3 is 2.55 bits per heavy atom. The van der Waals surface area contributed by atoms with Crippen molar-refractivity contribution in [1.29, 1.82) is 0 Å². The Bertz CT molecular complexity index is 1280. The van der Waals surface area contributed by atoms with E-state index in [0.717, 1.165) is 53.8 Å². The summed E-state index contributed by atoms with van der Waals surface area (Å²) in [6.07, 6.45) is 2.41. The van der Waals surface area contributed by atoms with Crippen molar-refractivity contribution in [3.8, 4) is 17.0 Å². The van der Waals surface area contributed by atoms with E-state index in [2.05, 4.69) is 41.3 Å². The molecule has 5 rings (SSSR count). The summed E-state index contributed by atoms with van der Waals surface area (Å²) in [6.45, 7) is 7.50. The van der Waals surface area contributed by atoms with Crippen LogP contribution in [0.1, 0.15) is 16.8 Å². The summed E-state index contributed by atoms with van der Waals surface area (Å²) in [4.78, 5) is 23.1. The smallest absolute Gasteiger partial charge is 0.228 e. The zero-order valence-electron chi connectivity index (χ0n) is 19.2. The molecule has 0 aliphatic carbocycles. The van der Waals surface area contributed by atoms with E-state index in [1.54, 1.807) is 18.4 Å². The molecular weight excluding hydrogens is 432 g/mol. The predicted molar refractivity (Wildman–Crippen MR) is 133 cm³/mol. The van der Waals surface area contributed by atoms with Gasteiger partial charge in [0.05, 0.1) is 19.2 Å². The van der Waals surface area contributed by atoms with Crippen LogP contribution in [0.3, 0.4) is 0 Å². The molecule has 1 aliphatic rings. The molecular formula is C26H28N4O2S. The van der Waals surface area contributed by atoms with Crippen LogP contribution in [0.2, 0.25) is 0 Å². The van der Waals surface area contributed by atoms with Gasteiger partial charge in [0.15, 0.2) is 4.96 Å². The third kappa shape index (κ3) is 4.33. The third-order valence-corrected chi connectivity index (χ3v) is 7.23. The number of carbonyl (C=O) groups excluding carboxylic acids is 1. The summed E-state index contributed by atoms with van der Waals surface area (Å²) >= 11 is 1.57. The molecule has 0 radical (unpaired) electrons. The molecule has 1 aliphatic heterocycles. The molecule has 3 heterocycles. The quantitative estimate of drug-likeness (QED) is 0.438. The Kier molecular flexibility index (Phi) is 5.81. The number of piperazine rings is 1. The van der Waals surface area contributed by atoms with E-state index in [9.17, 15) is 4.79 Å². The highest BCUT2D eigenvalue weighted by Crippen LogP contribution is 2.26. The van der Waals surface area contributed by atoms with E-state index in [0.29, 0.717) is 6.42 Å². The van der Waals surface area contributed by atoms with Crippen LogP contribution in [-0.2, 0) is 11.2 Å². The summed E-state index contributed by atoms with van der Waals surface area (Å²) in [6, 6.07) is 14.5. The first-order chi connectivity index (χ1) is 16.0. The maximum Gasteiger partial charge on any atom is 0.228 e. The van der Waals surface area contributed by atoms with Crippen molar-refractivity contribution in [3.63, 3.8) is 0 Å². The fourth-order valence-corrected chi connectivity index (χ4v) is 5.25. The van der Waals surface area contributed by atoms with Gasteiger partial charge in [0.2, 0.25) is 5.91 Å². The second-order valence-electron chi connectivity index (χ2n) is 8.57. The number of ether oxygens (including phenoxy) is 1. The van der Waals surface area contributed by atoms with Crippen molar-refractivity contribution in [3.05, 3.63) is 70.9 Å². The minimum absolute atomic E-state index is 0.176. The number of carbonyl (C=O) groups is 1. The SMILES string of the molecule is COc1ccc(-c2cn3c(CC(=O)N4CCN(c5cc(C)ccc5C)CC4)csc3n2)cc1. The molecule has 0 bridgehead atoms. The molecule has 1 saturated heterocycles. The van der Waals surface area contributed by atoms with E-state index in [1.807, 2.05) is 40.7 Å². The Morgan fingerprint density at radius 2 is 1.82 bits per heavy atom. The zero-order valence-corrected chi connectivity index (χ0v) is 20.1. The molecule has 0 atom stereocenters. The second-order valence-corrected chi connectivity index (χ2v) is 9.41. The van der Waals surface area contributed by atoms with Crippen LogP contribution in [-0.4, -0.2) is 53.5 Å². The summed E-state index contributed by atoms with van der Waals surface area (Å²) in [5.74, 6) is 0.999. The molecule has 6 nitrogen and oxygen atoms in total. The summed E-state index contributed by atoms with van der Waals surface area (Å²) in [7, 11) is 1.66. The number of hydrogen-bond donors (Lipinski definition) is 0. The number of rotatable bonds is 5. The Hall–Kier alpha value is -3.32. The number of imidazole rings is 1. The molecule has 170 valence electrons. The number of aromatic nitrogens is 2. The Morgan fingerprint density at radius 1 is 1.06 bits per heavy atom. The number of hydrogen-bond acceptors (Lipinski definition) is 5. The second kappa shape index (κ2) is 8.90. The number of anilines is 1. The molecule has 0 spiro atoms. The van der Waals surface area contributed by atoms with Gasteiger partial charge in [-0.05, 0) is 55.3 Å². The first-order valence-corrected chi connectivity index (χ1v) is 12.1. The van der Waals surface area contributed by atoms with Crippen LogP contribution >= 0.6 is 11.3 Å². The lowest BCUT2D eigenvalue weighted by Crippen LogP contribution is -2.49. The van der Waals surface area contributed by atoms with Gasteiger partial charge < -0.3 is 14.5 Å². The fraction of sp³-hybridized carbons (Fsp3) is 0.308. The van der Waals surface area contributed by atoms with Gasteiger partial charge in [0.25, 0.3) is 0 Å². The lowest BCUT2D eigenvalue weighted by Gasteiger charge is -2.37. The molecule has 0 unspecified atom stereocenters. The molecule has 2 aromatic carbocycles. The van der Waals surface area contributed by atoms with Crippen molar-refractivity contribution in [2.24, 2.45) is 0 Å². The molecule has 0 saturated carbocycles. The van der Waals surface area contributed by atoms with Crippen LogP contribution in [0.4, 0.5) is 5.69 Å². The standard InChI is InChI=1S/C26H28N4O2S/c1-18-4-5-19(2)24(14-18)28-10-12-29(13-11-28)25(31)15-21-17-33-26-27-23(16-30(21)26)20-6-8-22(32-3)9-7-20/h4-9,14,16-17H,10-13,15H2,1-3H3. The average Bonchev–Trinajstić information content (AvgIpc) is 3.43. The fourth-order valence-electron chi connectivity index (χ4n) is 4.38. The highest BCUT2D eigenvalue weighted by molar-refractivity contribution is 7.15. The zero-order chi connectivity index (χ0) is 22.9. The third-order valence-electron chi connectivity index (χ3n) is 6.34. The maximum atomic E-state index is 13.1. The topological polar surface area (TPSA) is 50.1 Å². The van der Waals surface area contributed by atoms with Gasteiger partial charge in [-0.15, -0.1) is 11.3 Å². The number of nitrogens with zero attached hydrogens (tertiary/aromatic N) is 4. The number of fused-ring (bicyclic) bond motifs is 1. The van der Waals surface area contributed by atoms with E-state index in [4.69, 9.17) is 9.72 Å². The van der Waals surface area contributed by atoms with Crippen LogP contribution in [0.15, 0.2) is 54.0 Å². The number of thiazole rings is 1. The number of methoxy groups -OCH3 is 1.